The van der Waals surface area contributed by atoms with E-state index in [9.17, 15) is 18.0 Å². The molecule has 0 saturated heterocycles. The molecule has 168 valence electrons. The van der Waals surface area contributed by atoms with Gasteiger partial charge in [-0.3, -0.25) is 14.6 Å². The van der Waals surface area contributed by atoms with Gasteiger partial charge in [-0.15, -0.1) is 11.3 Å². The average molecular weight is 498 g/mol. The van der Waals surface area contributed by atoms with Crippen molar-refractivity contribution in [2.45, 2.75) is 18.4 Å². The van der Waals surface area contributed by atoms with Crippen molar-refractivity contribution in [1.82, 2.24) is 0 Å². The minimum atomic E-state index is -3.54. The monoisotopic (exact) mass is 497 g/mol. The summed E-state index contributed by atoms with van der Waals surface area (Å²) in [6.07, 6.45) is 0. The molecular formula is C18H16Cl2F3N3O4S. The number of benzene rings is 1. The molecule has 31 heavy (non-hydrogen) atoms. The largest absolute Gasteiger partial charge is 0.483 e. The molecule has 0 spiro atoms. The van der Waals surface area contributed by atoms with Gasteiger partial charge in [0.05, 0.1) is 9.90 Å². The number of thiophene rings is 1. The molecule has 1 aliphatic rings. The van der Waals surface area contributed by atoms with Crippen molar-refractivity contribution in [3.63, 3.8) is 0 Å². The Hall–Kier alpha value is -2.34. The lowest BCUT2D eigenvalue weighted by Crippen LogP contribution is -2.45. The van der Waals surface area contributed by atoms with E-state index in [1.54, 1.807) is 0 Å². The first kappa shape index (κ1) is 24.9. The van der Waals surface area contributed by atoms with E-state index in [-0.39, 0.29) is 38.8 Å². The van der Waals surface area contributed by atoms with Crippen LogP contribution in [0.15, 0.2) is 29.3 Å². The van der Waals surface area contributed by atoms with Crippen LogP contribution in [0.1, 0.15) is 22.2 Å². The Morgan fingerprint density at radius 2 is 2.03 bits per heavy atom. The zero-order chi connectivity index (χ0) is 23.4. The molecule has 3 rings (SSSR count). The minimum Gasteiger partial charge on any atom is -0.483 e. The third-order valence-corrected chi connectivity index (χ3v) is 6.09. The highest BCUT2D eigenvalue weighted by Gasteiger charge is 2.54. The highest BCUT2D eigenvalue weighted by atomic mass is 35.5. The van der Waals surface area contributed by atoms with Crippen LogP contribution in [0.4, 0.5) is 18.9 Å². The SMILES string of the molecule is CC1(c2cc(NC(=O)c3cc(Cl)c(Cl)s3)ccc2F)N=C(N)COCC1(F)F.O=CO. The van der Waals surface area contributed by atoms with Gasteiger partial charge in [0.2, 0.25) is 0 Å². The summed E-state index contributed by atoms with van der Waals surface area (Å²) in [5, 5.41) is 9.61. The van der Waals surface area contributed by atoms with Gasteiger partial charge in [-0.25, -0.2) is 13.2 Å². The molecule has 0 aliphatic carbocycles. The number of amidine groups is 1. The van der Waals surface area contributed by atoms with Gasteiger partial charge in [-0.1, -0.05) is 23.2 Å². The van der Waals surface area contributed by atoms with Crippen LogP contribution in [0.2, 0.25) is 9.36 Å². The smallest absolute Gasteiger partial charge is 0.299 e. The van der Waals surface area contributed by atoms with Crippen LogP contribution < -0.4 is 11.1 Å². The number of ether oxygens (including phenoxy) is 1. The summed E-state index contributed by atoms with van der Waals surface area (Å²) in [6, 6.07) is 4.69. The number of alkyl halides is 2. The summed E-state index contributed by atoms with van der Waals surface area (Å²) < 4.78 is 48.9. The van der Waals surface area contributed by atoms with E-state index >= 15 is 0 Å². The second-order valence-electron chi connectivity index (χ2n) is 6.36. The lowest BCUT2D eigenvalue weighted by molar-refractivity contribution is -0.122. The maximum atomic E-state index is 14.7. The fraction of sp³-hybridized carbons (Fsp3) is 0.278. The number of anilines is 1. The number of nitrogens with zero attached hydrogens (tertiary/aromatic N) is 1. The summed E-state index contributed by atoms with van der Waals surface area (Å²) in [5.41, 5.74) is 2.96. The van der Waals surface area contributed by atoms with Crippen molar-refractivity contribution in [2.24, 2.45) is 10.7 Å². The molecule has 1 aromatic heterocycles. The van der Waals surface area contributed by atoms with Gasteiger partial charge >= 0.3 is 0 Å². The van der Waals surface area contributed by atoms with E-state index in [2.05, 4.69) is 10.3 Å². The van der Waals surface area contributed by atoms with E-state index in [0.29, 0.717) is 0 Å². The number of amides is 1. The van der Waals surface area contributed by atoms with Gasteiger partial charge in [-0.05, 0) is 31.2 Å². The first-order valence-electron chi connectivity index (χ1n) is 8.39. The fourth-order valence-electron chi connectivity index (χ4n) is 2.71. The number of hydrogen-bond donors (Lipinski definition) is 3. The normalized spacial score (nSPS) is 20.0. The first-order valence-corrected chi connectivity index (χ1v) is 9.96. The lowest BCUT2D eigenvalue weighted by atomic mass is 9.85. The van der Waals surface area contributed by atoms with Crippen molar-refractivity contribution in [3.05, 3.63) is 49.9 Å². The van der Waals surface area contributed by atoms with Crippen LogP contribution in [-0.4, -0.2) is 42.5 Å². The van der Waals surface area contributed by atoms with Crippen LogP contribution in [0.25, 0.3) is 0 Å². The quantitative estimate of drug-likeness (QED) is 0.544. The van der Waals surface area contributed by atoms with Crippen LogP contribution >= 0.6 is 34.5 Å². The van der Waals surface area contributed by atoms with Crippen LogP contribution in [0.5, 0.6) is 0 Å². The van der Waals surface area contributed by atoms with E-state index in [4.69, 9.17) is 43.6 Å². The second-order valence-corrected chi connectivity index (χ2v) is 8.42. The van der Waals surface area contributed by atoms with E-state index in [1.807, 2.05) is 0 Å². The van der Waals surface area contributed by atoms with Crippen molar-refractivity contribution in [1.29, 1.82) is 0 Å². The highest BCUT2D eigenvalue weighted by Crippen LogP contribution is 2.44. The predicted molar refractivity (Wildman–Crippen MR) is 112 cm³/mol. The summed E-state index contributed by atoms with van der Waals surface area (Å²) in [4.78, 5) is 24.7. The number of carbonyl (C=O) groups is 2. The Morgan fingerprint density at radius 3 is 2.61 bits per heavy atom. The molecule has 1 aromatic carbocycles. The van der Waals surface area contributed by atoms with Gasteiger partial charge in [0.25, 0.3) is 18.3 Å². The Balaban J connectivity index is 0.00000107. The Bertz CT molecular complexity index is 999. The molecule has 13 heteroatoms. The number of carbonyl (C=O) groups excluding carboxylic acids is 1. The second kappa shape index (κ2) is 9.86. The van der Waals surface area contributed by atoms with Gasteiger partial charge in [0.1, 0.15) is 29.2 Å². The van der Waals surface area contributed by atoms with Gasteiger partial charge in [0, 0.05) is 11.3 Å². The zero-order valence-corrected chi connectivity index (χ0v) is 18.1. The number of aliphatic imine (C=N–C) groups is 1. The standard InChI is InChI=1S/C17H14Cl2F3N3O2S.CH2O2/c1-16(17(21,22)7-27-6-13(23)25-16)9-4-8(2-3-11(9)20)24-15(26)12-5-10(18)14(19)28-12;2-1-3/h2-5H,6-7H2,1H3,(H2,23,25)(H,24,26);1H,(H,2,3). The zero-order valence-electron chi connectivity index (χ0n) is 15.8. The number of halogens is 5. The van der Waals surface area contributed by atoms with Gasteiger partial charge in [0.15, 0.2) is 5.54 Å². The van der Waals surface area contributed by atoms with Crippen molar-refractivity contribution < 1.29 is 32.6 Å². The molecule has 0 radical (unpaired) electrons. The molecule has 1 unspecified atom stereocenters. The average Bonchev–Trinajstić information content (AvgIpc) is 2.97. The molecule has 0 fully saturated rings. The molecule has 7 nitrogen and oxygen atoms in total. The van der Waals surface area contributed by atoms with Crippen molar-refractivity contribution in [3.8, 4) is 0 Å². The first-order chi connectivity index (χ1) is 14.4. The number of nitrogens with two attached hydrogens (primary N) is 1. The summed E-state index contributed by atoms with van der Waals surface area (Å²) in [5.74, 6) is -5.20. The summed E-state index contributed by atoms with van der Waals surface area (Å²) >= 11 is 12.6. The Kier molecular flexibility index (Phi) is 7.93. The molecule has 1 atom stereocenters. The maximum absolute atomic E-state index is 14.7. The molecule has 0 saturated carbocycles. The molecule has 2 aromatic rings. The number of rotatable bonds is 3. The van der Waals surface area contributed by atoms with Crippen molar-refractivity contribution >= 4 is 58.4 Å². The summed E-state index contributed by atoms with van der Waals surface area (Å²) in [6.45, 7) is -0.448. The van der Waals surface area contributed by atoms with Crippen molar-refractivity contribution in [2.75, 3.05) is 18.5 Å². The Labute approximate surface area is 188 Å². The van der Waals surface area contributed by atoms with E-state index in [0.717, 1.165) is 30.4 Å². The molecule has 0 bridgehead atoms. The van der Waals surface area contributed by atoms with Gasteiger partial charge in [-0.2, -0.15) is 0 Å². The highest BCUT2D eigenvalue weighted by molar-refractivity contribution is 7.18. The van der Waals surface area contributed by atoms with Crippen LogP contribution in [-0.2, 0) is 15.1 Å². The number of hydrogen-bond acceptors (Lipinski definition) is 6. The van der Waals surface area contributed by atoms with Crippen LogP contribution in [0.3, 0.4) is 0 Å². The third kappa shape index (κ3) is 5.48. The van der Waals surface area contributed by atoms with Crippen LogP contribution in [0, 0.1) is 5.82 Å². The molecule has 1 amide bonds. The summed E-state index contributed by atoms with van der Waals surface area (Å²) in [7, 11) is 0. The molecule has 2 heterocycles. The Morgan fingerprint density at radius 1 is 1.39 bits per heavy atom. The lowest BCUT2D eigenvalue weighted by Gasteiger charge is -2.33. The predicted octanol–water partition coefficient (Wildman–Crippen LogP) is 4.39. The minimum absolute atomic E-state index is 0.0954. The van der Waals surface area contributed by atoms with E-state index in [1.165, 1.54) is 12.1 Å². The number of nitrogens with one attached hydrogen (secondary N) is 1. The topological polar surface area (TPSA) is 114 Å². The molecule has 4 N–H and O–H groups in total. The van der Waals surface area contributed by atoms with E-state index < -0.39 is 35.4 Å². The third-order valence-electron chi connectivity index (χ3n) is 4.23. The van der Waals surface area contributed by atoms with Gasteiger partial charge < -0.3 is 20.9 Å². The fourth-order valence-corrected chi connectivity index (χ4v) is 3.97. The number of carboxylic acid groups (broad SMARTS) is 1. The molecule has 1 aliphatic heterocycles. The molecular weight excluding hydrogens is 482 g/mol. The maximum Gasteiger partial charge on any atom is 0.299 e.